The van der Waals surface area contributed by atoms with E-state index in [0.29, 0.717) is 5.92 Å². The first-order valence-corrected chi connectivity index (χ1v) is 6.25. The molecule has 0 atom stereocenters. The van der Waals surface area contributed by atoms with Crippen molar-refractivity contribution in [2.45, 2.75) is 29.7 Å². The third-order valence-corrected chi connectivity index (χ3v) is 3.25. The molecule has 1 heterocycles. The van der Waals surface area contributed by atoms with Gasteiger partial charge in [0, 0.05) is 10.6 Å². The number of benzene rings is 1. The van der Waals surface area contributed by atoms with Gasteiger partial charge in [0.2, 0.25) is 0 Å². The van der Waals surface area contributed by atoms with E-state index in [2.05, 4.69) is 23.8 Å². The number of aromatic hydroxyl groups is 1. The molecule has 0 unspecified atom stereocenters. The van der Waals surface area contributed by atoms with Crippen LogP contribution in [0.1, 0.15) is 25.5 Å². The molecule has 4 heteroatoms. The second-order valence-electron chi connectivity index (χ2n) is 4.03. The Hall–Kier alpha value is -1.55. The molecule has 17 heavy (non-hydrogen) atoms. The highest BCUT2D eigenvalue weighted by atomic mass is 32.2. The lowest BCUT2D eigenvalue weighted by molar-refractivity contribution is 0.475. The Morgan fingerprint density at radius 2 is 1.82 bits per heavy atom. The molecule has 0 saturated heterocycles. The molecule has 0 saturated carbocycles. The third kappa shape index (κ3) is 3.20. The molecule has 0 radical (unpaired) electrons. The lowest BCUT2D eigenvalue weighted by Gasteiger charge is -2.05. The Labute approximate surface area is 105 Å². The zero-order chi connectivity index (χ0) is 12.3. The van der Waals surface area contributed by atoms with Gasteiger partial charge in [0.15, 0.2) is 0 Å². The maximum absolute atomic E-state index is 9.20. The Bertz CT molecular complexity index is 497. The van der Waals surface area contributed by atoms with Crippen LogP contribution in [0.5, 0.6) is 5.75 Å². The molecule has 3 nitrogen and oxygen atoms in total. The Morgan fingerprint density at radius 3 is 2.47 bits per heavy atom. The van der Waals surface area contributed by atoms with E-state index in [1.165, 1.54) is 0 Å². The van der Waals surface area contributed by atoms with E-state index in [1.54, 1.807) is 30.2 Å². The molecule has 2 rings (SSSR count). The predicted molar refractivity (Wildman–Crippen MR) is 68.4 cm³/mol. The van der Waals surface area contributed by atoms with Crippen LogP contribution in [0.15, 0.2) is 46.6 Å². The summed E-state index contributed by atoms with van der Waals surface area (Å²) in [6.07, 6.45) is 1.60. The third-order valence-electron chi connectivity index (χ3n) is 2.31. The van der Waals surface area contributed by atoms with Gasteiger partial charge in [-0.1, -0.05) is 25.6 Å². The van der Waals surface area contributed by atoms with Crippen molar-refractivity contribution >= 4 is 11.8 Å². The summed E-state index contributed by atoms with van der Waals surface area (Å²) in [5, 5.41) is 10.1. The van der Waals surface area contributed by atoms with E-state index in [0.717, 1.165) is 15.6 Å². The summed E-state index contributed by atoms with van der Waals surface area (Å²) < 4.78 is 0. The second kappa shape index (κ2) is 5.19. The summed E-state index contributed by atoms with van der Waals surface area (Å²) in [6, 6.07) is 9.09. The average molecular weight is 246 g/mol. The van der Waals surface area contributed by atoms with Crippen molar-refractivity contribution in [2.24, 2.45) is 0 Å². The molecule has 0 aliphatic rings. The van der Waals surface area contributed by atoms with E-state index >= 15 is 0 Å². The number of nitrogens with zero attached hydrogens (tertiary/aromatic N) is 2. The van der Waals surface area contributed by atoms with Crippen LogP contribution in [-0.2, 0) is 0 Å². The van der Waals surface area contributed by atoms with Gasteiger partial charge < -0.3 is 5.11 Å². The molecule has 0 amide bonds. The molecule has 0 bridgehead atoms. The van der Waals surface area contributed by atoms with E-state index in [4.69, 9.17) is 0 Å². The predicted octanol–water partition coefficient (Wildman–Crippen LogP) is 3.46. The van der Waals surface area contributed by atoms with E-state index < -0.39 is 0 Å². The highest BCUT2D eigenvalue weighted by Crippen LogP contribution is 2.28. The maximum atomic E-state index is 9.20. The molecule has 1 N–H and O–H groups in total. The van der Waals surface area contributed by atoms with Crippen molar-refractivity contribution < 1.29 is 5.11 Å². The fourth-order valence-electron chi connectivity index (χ4n) is 1.36. The van der Waals surface area contributed by atoms with Gasteiger partial charge in [0.05, 0.1) is 0 Å². The quantitative estimate of drug-likeness (QED) is 0.842. The summed E-state index contributed by atoms with van der Waals surface area (Å²) in [6.45, 7) is 4.22. The van der Waals surface area contributed by atoms with Crippen molar-refractivity contribution in [1.82, 2.24) is 9.97 Å². The summed E-state index contributed by atoms with van der Waals surface area (Å²) in [7, 11) is 0. The standard InChI is InChI=1S/C13H14N2OS/c1-9(2)12-7-13(15-8-14-12)17-11-5-3-10(16)4-6-11/h3-9,16H,1-2H3. The number of phenolic OH excluding ortho intramolecular Hbond substituents is 1. The number of hydrogen-bond donors (Lipinski definition) is 1. The lowest BCUT2D eigenvalue weighted by Crippen LogP contribution is -1.93. The van der Waals surface area contributed by atoms with E-state index in [-0.39, 0.29) is 5.75 Å². The highest BCUT2D eigenvalue weighted by Gasteiger charge is 2.04. The van der Waals surface area contributed by atoms with Crippen LogP contribution in [-0.4, -0.2) is 15.1 Å². The molecular formula is C13H14N2OS. The lowest BCUT2D eigenvalue weighted by atomic mass is 10.1. The first-order valence-electron chi connectivity index (χ1n) is 5.44. The Kier molecular flexibility index (Phi) is 3.64. The highest BCUT2D eigenvalue weighted by molar-refractivity contribution is 7.99. The fourth-order valence-corrected chi connectivity index (χ4v) is 2.15. The van der Waals surface area contributed by atoms with E-state index in [9.17, 15) is 5.11 Å². The molecule has 1 aromatic heterocycles. The number of hydrogen-bond acceptors (Lipinski definition) is 4. The smallest absolute Gasteiger partial charge is 0.116 e. The monoisotopic (exact) mass is 246 g/mol. The fraction of sp³-hybridized carbons (Fsp3) is 0.231. The van der Waals surface area contributed by atoms with Crippen LogP contribution >= 0.6 is 11.8 Å². The zero-order valence-electron chi connectivity index (χ0n) is 9.79. The largest absolute Gasteiger partial charge is 0.508 e. The second-order valence-corrected chi connectivity index (χ2v) is 5.13. The molecule has 1 aromatic carbocycles. The van der Waals surface area contributed by atoms with Gasteiger partial charge in [-0.25, -0.2) is 9.97 Å². The first kappa shape index (κ1) is 11.9. The number of rotatable bonds is 3. The van der Waals surface area contributed by atoms with Crippen LogP contribution < -0.4 is 0 Å². The van der Waals surface area contributed by atoms with Crippen LogP contribution in [0.4, 0.5) is 0 Å². The van der Waals surface area contributed by atoms with Crippen LogP contribution in [0.2, 0.25) is 0 Å². The average Bonchev–Trinajstić information content (AvgIpc) is 2.32. The summed E-state index contributed by atoms with van der Waals surface area (Å²) in [5.41, 5.74) is 1.04. The van der Waals surface area contributed by atoms with Gasteiger partial charge in [-0.05, 0) is 36.2 Å². The van der Waals surface area contributed by atoms with Crippen LogP contribution in [0.25, 0.3) is 0 Å². The van der Waals surface area contributed by atoms with Crippen molar-refractivity contribution in [3.05, 3.63) is 42.4 Å². The molecule has 0 aliphatic heterocycles. The Morgan fingerprint density at radius 1 is 1.12 bits per heavy atom. The van der Waals surface area contributed by atoms with Gasteiger partial charge in [-0.3, -0.25) is 0 Å². The molecule has 88 valence electrons. The number of phenols is 1. The van der Waals surface area contributed by atoms with Crippen molar-refractivity contribution in [1.29, 1.82) is 0 Å². The number of aromatic nitrogens is 2. The van der Waals surface area contributed by atoms with Gasteiger partial charge in [-0.2, -0.15) is 0 Å². The van der Waals surface area contributed by atoms with Crippen LogP contribution in [0, 0.1) is 0 Å². The minimum absolute atomic E-state index is 0.278. The van der Waals surface area contributed by atoms with Crippen molar-refractivity contribution in [3.63, 3.8) is 0 Å². The maximum Gasteiger partial charge on any atom is 0.116 e. The summed E-state index contributed by atoms with van der Waals surface area (Å²) >= 11 is 1.57. The molecule has 0 spiro atoms. The normalized spacial score (nSPS) is 10.8. The van der Waals surface area contributed by atoms with Gasteiger partial charge in [0.25, 0.3) is 0 Å². The topological polar surface area (TPSA) is 46.0 Å². The van der Waals surface area contributed by atoms with Gasteiger partial charge in [0.1, 0.15) is 17.1 Å². The van der Waals surface area contributed by atoms with E-state index in [1.807, 2.05) is 18.2 Å². The molecular weight excluding hydrogens is 232 g/mol. The minimum Gasteiger partial charge on any atom is -0.508 e. The van der Waals surface area contributed by atoms with Crippen molar-refractivity contribution in [2.75, 3.05) is 0 Å². The van der Waals surface area contributed by atoms with Gasteiger partial charge >= 0.3 is 0 Å². The zero-order valence-corrected chi connectivity index (χ0v) is 10.6. The molecule has 0 aliphatic carbocycles. The molecule has 2 aromatic rings. The summed E-state index contributed by atoms with van der Waals surface area (Å²) in [4.78, 5) is 9.51. The SMILES string of the molecule is CC(C)c1cc(Sc2ccc(O)cc2)ncn1. The summed E-state index contributed by atoms with van der Waals surface area (Å²) in [5.74, 6) is 0.678. The van der Waals surface area contributed by atoms with Gasteiger partial charge in [-0.15, -0.1) is 0 Å². The van der Waals surface area contributed by atoms with Crippen molar-refractivity contribution in [3.8, 4) is 5.75 Å². The van der Waals surface area contributed by atoms with Crippen LogP contribution in [0.3, 0.4) is 0 Å². The molecule has 0 fully saturated rings. The minimum atomic E-state index is 0.278. The Balaban J connectivity index is 2.18. The first-order chi connectivity index (χ1) is 8.15.